The first-order valence-electron chi connectivity index (χ1n) is 9.01. The summed E-state index contributed by atoms with van der Waals surface area (Å²) in [5, 5.41) is 9.55. The van der Waals surface area contributed by atoms with Crippen molar-refractivity contribution in [3.8, 4) is 0 Å². The molecule has 5 heteroatoms. The lowest BCUT2D eigenvalue weighted by atomic mass is 9.85. The van der Waals surface area contributed by atoms with Crippen molar-refractivity contribution in [1.82, 2.24) is 4.90 Å². The van der Waals surface area contributed by atoms with Crippen molar-refractivity contribution in [3.05, 3.63) is 70.2 Å². The zero-order valence-electron chi connectivity index (χ0n) is 14.9. The van der Waals surface area contributed by atoms with Gasteiger partial charge in [-0.25, -0.2) is 4.79 Å². The third-order valence-electron chi connectivity index (χ3n) is 5.11. The van der Waals surface area contributed by atoms with Crippen molar-refractivity contribution in [1.29, 1.82) is 0 Å². The van der Waals surface area contributed by atoms with E-state index in [0.717, 1.165) is 22.0 Å². The summed E-state index contributed by atoms with van der Waals surface area (Å²) >= 11 is 3.45. The second-order valence-electron chi connectivity index (χ2n) is 6.62. The molecular formula is C21H24BrNO3. The van der Waals surface area contributed by atoms with Crippen LogP contribution in [-0.2, 0) is 10.3 Å². The standard InChI is InChI=1S/C21H24BrNO3/c1-2-19(16-8-10-18(22)11-9-16)23-14-12-21(13-15-24,26-20(23)25)17-6-4-3-5-7-17/h3-11,19,24H,2,12-15H2,1H3/t19-,21-/m0/s1. The molecule has 3 rings (SSSR count). The van der Waals surface area contributed by atoms with E-state index < -0.39 is 5.60 Å². The summed E-state index contributed by atoms with van der Waals surface area (Å²) in [5.41, 5.74) is 1.29. The van der Waals surface area contributed by atoms with Gasteiger partial charge in [-0.3, -0.25) is 0 Å². The molecule has 1 fully saturated rings. The highest BCUT2D eigenvalue weighted by Gasteiger charge is 2.43. The lowest BCUT2D eigenvalue weighted by Crippen LogP contribution is -2.49. The van der Waals surface area contributed by atoms with Crippen LogP contribution in [0.1, 0.15) is 43.4 Å². The van der Waals surface area contributed by atoms with Gasteiger partial charge in [0.15, 0.2) is 0 Å². The Labute approximate surface area is 162 Å². The van der Waals surface area contributed by atoms with Crippen molar-refractivity contribution in [2.75, 3.05) is 13.2 Å². The minimum Gasteiger partial charge on any atom is -0.438 e. The van der Waals surface area contributed by atoms with E-state index in [-0.39, 0.29) is 18.7 Å². The second kappa shape index (κ2) is 8.23. The maximum absolute atomic E-state index is 12.9. The number of hydrogen-bond donors (Lipinski definition) is 1. The summed E-state index contributed by atoms with van der Waals surface area (Å²) in [7, 11) is 0. The SMILES string of the molecule is CC[C@@H](c1ccc(Br)cc1)N1CC[C@](CCO)(c2ccccc2)OC1=O. The lowest BCUT2D eigenvalue weighted by molar-refractivity contribution is -0.0734. The first-order chi connectivity index (χ1) is 12.6. The topological polar surface area (TPSA) is 49.8 Å². The van der Waals surface area contributed by atoms with Crippen molar-refractivity contribution < 1.29 is 14.6 Å². The highest BCUT2D eigenvalue weighted by molar-refractivity contribution is 9.10. The molecule has 138 valence electrons. The number of carbonyl (C=O) groups is 1. The summed E-state index contributed by atoms with van der Waals surface area (Å²) in [5.74, 6) is 0. The van der Waals surface area contributed by atoms with Gasteiger partial charge in [0.05, 0.1) is 6.04 Å². The zero-order chi connectivity index (χ0) is 18.6. The van der Waals surface area contributed by atoms with Crippen molar-refractivity contribution >= 4 is 22.0 Å². The normalized spacial score (nSPS) is 21.3. The minimum absolute atomic E-state index is 0.0153. The van der Waals surface area contributed by atoms with Crippen molar-refractivity contribution in [3.63, 3.8) is 0 Å². The molecule has 1 amide bonds. The third-order valence-corrected chi connectivity index (χ3v) is 5.64. The fourth-order valence-electron chi connectivity index (χ4n) is 3.72. The molecule has 1 heterocycles. The Morgan fingerprint density at radius 2 is 1.88 bits per heavy atom. The Kier molecular flexibility index (Phi) is 5.99. The van der Waals surface area contributed by atoms with Gasteiger partial charge in [0.25, 0.3) is 0 Å². The van der Waals surface area contributed by atoms with Crippen LogP contribution in [0.2, 0.25) is 0 Å². The van der Waals surface area contributed by atoms with Gasteiger partial charge in [-0.15, -0.1) is 0 Å². The molecule has 2 atom stereocenters. The fourth-order valence-corrected chi connectivity index (χ4v) is 3.98. The number of benzene rings is 2. The summed E-state index contributed by atoms with van der Waals surface area (Å²) in [4.78, 5) is 14.7. The van der Waals surface area contributed by atoms with Crippen LogP contribution in [0.3, 0.4) is 0 Å². The number of cyclic esters (lactones) is 1. The molecule has 0 unspecified atom stereocenters. The Balaban J connectivity index is 1.84. The van der Waals surface area contributed by atoms with Gasteiger partial charge in [-0.2, -0.15) is 0 Å². The molecule has 0 aromatic heterocycles. The molecule has 1 N–H and O–H groups in total. The number of aliphatic hydroxyl groups is 1. The third kappa shape index (κ3) is 3.79. The number of nitrogens with zero attached hydrogens (tertiary/aromatic N) is 1. The number of halogens is 1. The largest absolute Gasteiger partial charge is 0.438 e. The molecule has 0 bridgehead atoms. The summed E-state index contributed by atoms with van der Waals surface area (Å²) in [6.07, 6.45) is 1.57. The van der Waals surface area contributed by atoms with Crippen LogP contribution >= 0.6 is 15.9 Å². The van der Waals surface area contributed by atoms with Gasteiger partial charge in [-0.05, 0) is 29.7 Å². The molecule has 0 saturated carbocycles. The Morgan fingerprint density at radius 3 is 2.46 bits per heavy atom. The maximum Gasteiger partial charge on any atom is 0.411 e. The molecule has 0 radical (unpaired) electrons. The molecule has 1 aliphatic rings. The average Bonchev–Trinajstić information content (AvgIpc) is 2.66. The van der Waals surface area contributed by atoms with E-state index in [9.17, 15) is 9.90 Å². The zero-order valence-corrected chi connectivity index (χ0v) is 16.5. The average molecular weight is 418 g/mol. The van der Waals surface area contributed by atoms with Crippen LogP contribution in [0.4, 0.5) is 4.79 Å². The number of amides is 1. The van der Waals surface area contributed by atoms with Crippen molar-refractivity contribution in [2.24, 2.45) is 0 Å². The van der Waals surface area contributed by atoms with E-state index in [4.69, 9.17) is 4.74 Å². The van der Waals surface area contributed by atoms with E-state index in [1.165, 1.54) is 0 Å². The summed E-state index contributed by atoms with van der Waals surface area (Å²) < 4.78 is 6.98. The van der Waals surface area contributed by atoms with Gasteiger partial charge in [0, 0.05) is 30.5 Å². The Bertz CT molecular complexity index is 735. The van der Waals surface area contributed by atoms with Gasteiger partial charge < -0.3 is 14.7 Å². The van der Waals surface area contributed by atoms with E-state index in [1.807, 2.05) is 59.5 Å². The van der Waals surface area contributed by atoms with Crippen LogP contribution in [0.5, 0.6) is 0 Å². The van der Waals surface area contributed by atoms with Gasteiger partial charge >= 0.3 is 6.09 Å². The van der Waals surface area contributed by atoms with E-state index in [0.29, 0.717) is 19.4 Å². The van der Waals surface area contributed by atoms with E-state index in [2.05, 4.69) is 22.9 Å². The number of aliphatic hydroxyl groups excluding tert-OH is 1. The molecule has 2 aromatic rings. The first-order valence-corrected chi connectivity index (χ1v) is 9.80. The number of rotatable bonds is 6. The predicted molar refractivity (Wildman–Crippen MR) is 105 cm³/mol. The van der Waals surface area contributed by atoms with Crippen LogP contribution < -0.4 is 0 Å². The van der Waals surface area contributed by atoms with Crippen LogP contribution in [0, 0.1) is 0 Å². The lowest BCUT2D eigenvalue weighted by Gasteiger charge is -2.44. The summed E-state index contributed by atoms with van der Waals surface area (Å²) in [6.45, 7) is 2.65. The first kappa shape index (κ1) is 18.9. The summed E-state index contributed by atoms with van der Waals surface area (Å²) in [6, 6.07) is 17.8. The number of hydrogen-bond acceptors (Lipinski definition) is 3. The Morgan fingerprint density at radius 1 is 1.19 bits per heavy atom. The minimum atomic E-state index is -0.748. The maximum atomic E-state index is 12.9. The van der Waals surface area contributed by atoms with E-state index in [1.54, 1.807) is 0 Å². The molecule has 4 nitrogen and oxygen atoms in total. The van der Waals surface area contributed by atoms with Gasteiger partial charge in [0.2, 0.25) is 0 Å². The van der Waals surface area contributed by atoms with Crippen LogP contribution in [0.15, 0.2) is 59.1 Å². The quantitative estimate of drug-likeness (QED) is 0.717. The monoisotopic (exact) mass is 417 g/mol. The highest BCUT2D eigenvalue weighted by Crippen LogP contribution is 2.40. The molecule has 26 heavy (non-hydrogen) atoms. The predicted octanol–water partition coefficient (Wildman–Crippen LogP) is 5.02. The molecule has 0 aliphatic carbocycles. The van der Waals surface area contributed by atoms with Crippen LogP contribution in [0.25, 0.3) is 0 Å². The Hall–Kier alpha value is -1.85. The molecule has 0 spiro atoms. The number of ether oxygens (including phenoxy) is 1. The smallest absolute Gasteiger partial charge is 0.411 e. The van der Waals surface area contributed by atoms with Gasteiger partial charge in [0.1, 0.15) is 5.60 Å². The van der Waals surface area contributed by atoms with Gasteiger partial charge in [-0.1, -0.05) is 65.3 Å². The molecule has 1 aliphatic heterocycles. The van der Waals surface area contributed by atoms with Crippen molar-refractivity contribution in [2.45, 2.75) is 37.8 Å². The molecule has 1 saturated heterocycles. The second-order valence-corrected chi connectivity index (χ2v) is 7.54. The number of carbonyl (C=O) groups excluding carboxylic acids is 1. The highest BCUT2D eigenvalue weighted by atomic mass is 79.9. The van der Waals surface area contributed by atoms with Crippen LogP contribution in [-0.4, -0.2) is 29.3 Å². The van der Waals surface area contributed by atoms with E-state index >= 15 is 0 Å². The molecule has 2 aromatic carbocycles. The fraction of sp³-hybridized carbons (Fsp3) is 0.381. The molecular weight excluding hydrogens is 394 g/mol.